The van der Waals surface area contributed by atoms with Crippen LogP contribution in [0.3, 0.4) is 0 Å². The number of hydrogen-bond donors (Lipinski definition) is 0. The average Bonchev–Trinajstić information content (AvgIpc) is 2.80. The molecule has 7 heteroatoms. The van der Waals surface area contributed by atoms with Crippen LogP contribution in [-0.4, -0.2) is 19.7 Å². The quantitative estimate of drug-likeness (QED) is 0.718. The van der Waals surface area contributed by atoms with Crippen molar-refractivity contribution in [1.29, 1.82) is 0 Å². The van der Waals surface area contributed by atoms with E-state index in [9.17, 15) is 14.4 Å². The van der Waals surface area contributed by atoms with Crippen LogP contribution >= 0.6 is 0 Å². The Balaban J connectivity index is 1.90. The molecule has 0 radical (unpaired) electrons. The minimum atomic E-state index is -1.24. The molecular weight excluding hydrogens is 310 g/mol. The molecular formula is C17H15N3O4. The van der Waals surface area contributed by atoms with Crippen LogP contribution in [0.25, 0.3) is 0 Å². The lowest BCUT2D eigenvalue weighted by Gasteiger charge is -2.50. The second-order valence-corrected chi connectivity index (χ2v) is 6.74. The van der Waals surface area contributed by atoms with Gasteiger partial charge in [0.2, 0.25) is 5.72 Å². The first-order chi connectivity index (χ1) is 11.5. The zero-order valence-electron chi connectivity index (χ0n) is 13.2. The van der Waals surface area contributed by atoms with Gasteiger partial charge >= 0.3 is 11.4 Å². The molecule has 3 unspecified atom stereocenters. The molecule has 1 aliphatic carbocycles. The van der Waals surface area contributed by atoms with E-state index in [2.05, 4.69) is 0 Å². The van der Waals surface area contributed by atoms with Crippen LogP contribution in [0.1, 0.15) is 29.7 Å². The number of rotatable bonds is 0. The van der Waals surface area contributed by atoms with Gasteiger partial charge in [0, 0.05) is 13.5 Å². The molecule has 3 aliphatic heterocycles. The van der Waals surface area contributed by atoms with Crippen molar-refractivity contribution in [3.05, 3.63) is 62.4 Å². The van der Waals surface area contributed by atoms with Gasteiger partial charge in [0.05, 0.1) is 17.2 Å². The first-order valence-corrected chi connectivity index (χ1v) is 7.92. The predicted molar refractivity (Wildman–Crippen MR) is 84.2 cm³/mol. The molecule has 2 aromatic rings. The Bertz CT molecular complexity index is 1070. The SMILES string of the molecule is CC1CC23Oc4ccccc4C(=O)C2=CC1n1c(=O)n(C)c(=O)n13. The summed E-state index contributed by atoms with van der Waals surface area (Å²) < 4.78 is 10.1. The van der Waals surface area contributed by atoms with Gasteiger partial charge in [-0.05, 0) is 24.1 Å². The molecule has 1 aromatic heterocycles. The highest BCUT2D eigenvalue weighted by Crippen LogP contribution is 2.51. The van der Waals surface area contributed by atoms with Crippen molar-refractivity contribution < 1.29 is 9.53 Å². The second-order valence-electron chi connectivity index (χ2n) is 6.74. The molecule has 4 aliphatic rings. The van der Waals surface area contributed by atoms with Crippen LogP contribution in [-0.2, 0) is 12.8 Å². The Morgan fingerprint density at radius 3 is 2.71 bits per heavy atom. The predicted octanol–water partition coefficient (Wildman–Crippen LogP) is 0.797. The third-order valence-electron chi connectivity index (χ3n) is 5.39. The Morgan fingerprint density at radius 2 is 1.92 bits per heavy atom. The molecule has 4 heterocycles. The number of Topliss-reactive ketones (excluding diaryl/α,β-unsaturated/α-hetero) is 1. The fourth-order valence-electron chi connectivity index (χ4n) is 4.25. The minimum absolute atomic E-state index is 0.0753. The Kier molecular flexibility index (Phi) is 2.25. The third-order valence-corrected chi connectivity index (χ3v) is 5.39. The fourth-order valence-corrected chi connectivity index (χ4v) is 4.25. The van der Waals surface area contributed by atoms with E-state index in [0.717, 1.165) is 4.57 Å². The molecule has 0 amide bonds. The monoisotopic (exact) mass is 325 g/mol. The summed E-state index contributed by atoms with van der Waals surface area (Å²) in [7, 11) is 1.45. The number of hydrogen-bond acceptors (Lipinski definition) is 4. The highest BCUT2D eigenvalue weighted by molar-refractivity contribution is 6.12. The van der Waals surface area contributed by atoms with Gasteiger partial charge in [-0.15, -0.1) is 0 Å². The maximum atomic E-state index is 13.0. The number of ether oxygens (including phenoxy) is 1. The van der Waals surface area contributed by atoms with E-state index in [1.165, 1.54) is 16.4 Å². The maximum Gasteiger partial charge on any atom is 0.350 e. The highest BCUT2D eigenvalue weighted by atomic mass is 16.5. The zero-order chi connectivity index (χ0) is 16.8. The standard InChI is InChI=1S/C17H15N3O4/c1-9-8-17-11(14(21)10-5-3-4-6-13(10)24-17)7-12(9)19-15(22)18(2)16(23)20(17)19/h3-7,9,12H,8H2,1-2H3. The fraction of sp³-hybridized carbons (Fsp3) is 0.353. The van der Waals surface area contributed by atoms with Crippen molar-refractivity contribution in [2.45, 2.75) is 25.1 Å². The third kappa shape index (κ3) is 1.29. The number of fused-ring (bicyclic) bond motifs is 2. The summed E-state index contributed by atoms with van der Waals surface area (Å²) in [5.41, 5.74) is -1.14. The molecule has 1 aromatic carbocycles. The van der Waals surface area contributed by atoms with Gasteiger partial charge in [-0.3, -0.25) is 4.79 Å². The van der Waals surface area contributed by atoms with Crippen molar-refractivity contribution in [2.24, 2.45) is 13.0 Å². The molecule has 6 rings (SSSR count). The van der Waals surface area contributed by atoms with Crippen molar-refractivity contribution in [3.63, 3.8) is 0 Å². The van der Waals surface area contributed by atoms with E-state index >= 15 is 0 Å². The summed E-state index contributed by atoms with van der Waals surface area (Å²) in [5, 5.41) is 0. The summed E-state index contributed by atoms with van der Waals surface area (Å²) in [6, 6.07) is 6.70. The van der Waals surface area contributed by atoms with Gasteiger partial charge in [-0.2, -0.15) is 4.68 Å². The van der Waals surface area contributed by atoms with Gasteiger partial charge in [0.1, 0.15) is 5.75 Å². The van der Waals surface area contributed by atoms with Crippen LogP contribution in [0.4, 0.5) is 0 Å². The Labute approximate surface area is 136 Å². The molecule has 0 N–H and O–H groups in total. The minimum Gasteiger partial charge on any atom is -0.461 e. The van der Waals surface area contributed by atoms with Crippen LogP contribution in [0.15, 0.2) is 45.5 Å². The molecule has 7 nitrogen and oxygen atoms in total. The summed E-state index contributed by atoms with van der Waals surface area (Å²) in [6.07, 6.45) is 2.28. The molecule has 24 heavy (non-hydrogen) atoms. The lowest BCUT2D eigenvalue weighted by Crippen LogP contribution is -2.61. The number of ketones is 1. The van der Waals surface area contributed by atoms with Gasteiger partial charge in [-0.1, -0.05) is 19.1 Å². The summed E-state index contributed by atoms with van der Waals surface area (Å²) in [5.74, 6) is 0.386. The molecule has 0 saturated carbocycles. The summed E-state index contributed by atoms with van der Waals surface area (Å²) in [6.45, 7) is 2.00. The van der Waals surface area contributed by atoms with E-state index < -0.39 is 11.4 Å². The second kappa shape index (κ2) is 3.98. The van der Waals surface area contributed by atoms with E-state index in [1.54, 1.807) is 30.3 Å². The maximum absolute atomic E-state index is 13.0. The van der Waals surface area contributed by atoms with Crippen molar-refractivity contribution in [3.8, 4) is 5.75 Å². The summed E-state index contributed by atoms with van der Waals surface area (Å²) in [4.78, 5) is 38.2. The zero-order valence-corrected chi connectivity index (χ0v) is 13.2. The Morgan fingerprint density at radius 1 is 1.17 bits per heavy atom. The number of para-hydroxylation sites is 1. The van der Waals surface area contributed by atoms with Gasteiger partial charge in [0.25, 0.3) is 0 Å². The van der Waals surface area contributed by atoms with Crippen LogP contribution < -0.4 is 16.1 Å². The molecule has 0 fully saturated rings. The summed E-state index contributed by atoms with van der Waals surface area (Å²) >= 11 is 0. The van der Waals surface area contributed by atoms with E-state index in [0.29, 0.717) is 23.3 Å². The molecule has 1 spiro atoms. The Hall–Kier alpha value is -2.83. The first-order valence-electron chi connectivity index (χ1n) is 7.92. The number of carbonyl (C=O) groups excluding carboxylic acids is 1. The van der Waals surface area contributed by atoms with Crippen LogP contribution in [0.2, 0.25) is 0 Å². The lowest BCUT2D eigenvalue weighted by atomic mass is 9.75. The van der Waals surface area contributed by atoms with Gasteiger partial charge in [-0.25, -0.2) is 18.8 Å². The van der Waals surface area contributed by atoms with Crippen molar-refractivity contribution >= 4 is 5.78 Å². The molecule has 3 atom stereocenters. The molecule has 0 saturated heterocycles. The van der Waals surface area contributed by atoms with Gasteiger partial charge < -0.3 is 4.74 Å². The van der Waals surface area contributed by atoms with Crippen molar-refractivity contribution in [2.75, 3.05) is 0 Å². The molecule has 2 bridgehead atoms. The normalized spacial score (nSPS) is 29.4. The number of aromatic nitrogens is 3. The largest absolute Gasteiger partial charge is 0.461 e. The van der Waals surface area contributed by atoms with E-state index in [1.807, 2.05) is 6.92 Å². The average molecular weight is 325 g/mol. The first kappa shape index (κ1) is 13.6. The van der Waals surface area contributed by atoms with E-state index in [-0.39, 0.29) is 23.4 Å². The number of allylic oxidation sites excluding steroid dienone is 1. The van der Waals surface area contributed by atoms with E-state index in [4.69, 9.17) is 4.74 Å². The number of carbonyl (C=O) groups is 1. The lowest BCUT2D eigenvalue weighted by molar-refractivity contribution is -0.0700. The topological polar surface area (TPSA) is 75.2 Å². The molecule has 122 valence electrons. The van der Waals surface area contributed by atoms with Crippen molar-refractivity contribution in [1.82, 2.24) is 13.9 Å². The highest BCUT2D eigenvalue weighted by Gasteiger charge is 2.58. The van der Waals surface area contributed by atoms with Gasteiger partial charge in [0.15, 0.2) is 5.78 Å². The number of nitrogens with zero attached hydrogens (tertiary/aromatic N) is 3. The van der Waals surface area contributed by atoms with Crippen LogP contribution in [0.5, 0.6) is 5.75 Å². The smallest absolute Gasteiger partial charge is 0.350 e. The van der Waals surface area contributed by atoms with Crippen LogP contribution in [0, 0.1) is 5.92 Å². The number of benzene rings is 1.